The number of hydrogen-bond acceptors (Lipinski definition) is 3. The lowest BCUT2D eigenvalue weighted by Gasteiger charge is -2.24. The number of nitrogens with two attached hydrogens (primary N) is 1. The van der Waals surface area contributed by atoms with Crippen molar-refractivity contribution in [3.8, 4) is 5.75 Å². The zero-order valence-corrected chi connectivity index (χ0v) is 8.78. The van der Waals surface area contributed by atoms with Crippen LogP contribution in [0.15, 0.2) is 18.2 Å². The van der Waals surface area contributed by atoms with Crippen LogP contribution in [0.4, 0.5) is 5.69 Å². The van der Waals surface area contributed by atoms with Crippen LogP contribution < -0.4 is 15.8 Å². The zero-order valence-electron chi connectivity index (χ0n) is 8.78. The third-order valence-corrected chi connectivity index (χ3v) is 2.46. The summed E-state index contributed by atoms with van der Waals surface area (Å²) in [6, 6.07) is 5.55. The molecule has 2 rings (SSSR count). The standard InChI is InChI=1S/C11H14N2O2/c1-6(12)8-3-4-10-9(5-8)13-11(14)7(2)15-10/h3-7H,12H2,1-2H3,(H,13,14)/t6-,7?/m1/s1. The highest BCUT2D eigenvalue weighted by molar-refractivity contribution is 5.97. The molecule has 1 amide bonds. The summed E-state index contributed by atoms with van der Waals surface area (Å²) < 4.78 is 5.43. The molecule has 15 heavy (non-hydrogen) atoms. The quantitative estimate of drug-likeness (QED) is 0.730. The summed E-state index contributed by atoms with van der Waals surface area (Å²) in [5.41, 5.74) is 7.44. The summed E-state index contributed by atoms with van der Waals surface area (Å²) in [4.78, 5) is 11.4. The van der Waals surface area contributed by atoms with Crippen LogP contribution in [0.5, 0.6) is 5.75 Å². The van der Waals surface area contributed by atoms with Crippen LogP contribution >= 0.6 is 0 Å². The molecule has 0 bridgehead atoms. The van der Waals surface area contributed by atoms with E-state index in [9.17, 15) is 4.79 Å². The Bertz CT molecular complexity index is 402. The van der Waals surface area contributed by atoms with Gasteiger partial charge in [0.2, 0.25) is 0 Å². The molecule has 0 radical (unpaired) electrons. The van der Waals surface area contributed by atoms with Gasteiger partial charge < -0.3 is 15.8 Å². The van der Waals surface area contributed by atoms with Gasteiger partial charge in [0, 0.05) is 6.04 Å². The van der Waals surface area contributed by atoms with Crippen LogP contribution in [0.2, 0.25) is 0 Å². The molecular weight excluding hydrogens is 192 g/mol. The Balaban J connectivity index is 2.37. The second-order valence-electron chi connectivity index (χ2n) is 3.79. The molecule has 0 fully saturated rings. The minimum Gasteiger partial charge on any atom is -0.479 e. The average Bonchev–Trinajstić information content (AvgIpc) is 2.19. The topological polar surface area (TPSA) is 64.3 Å². The Morgan fingerprint density at radius 3 is 2.93 bits per heavy atom. The lowest BCUT2D eigenvalue weighted by atomic mass is 10.1. The molecule has 0 spiro atoms. The second kappa shape index (κ2) is 3.55. The summed E-state index contributed by atoms with van der Waals surface area (Å²) in [6.07, 6.45) is -0.432. The molecule has 1 aliphatic heterocycles. The summed E-state index contributed by atoms with van der Waals surface area (Å²) >= 11 is 0. The van der Waals surface area contributed by atoms with E-state index in [2.05, 4.69) is 5.32 Å². The molecule has 1 aromatic rings. The van der Waals surface area contributed by atoms with Gasteiger partial charge in [-0.05, 0) is 31.5 Å². The summed E-state index contributed by atoms with van der Waals surface area (Å²) in [5.74, 6) is 0.579. The van der Waals surface area contributed by atoms with Crippen molar-refractivity contribution in [3.63, 3.8) is 0 Å². The number of ether oxygens (including phenoxy) is 1. The van der Waals surface area contributed by atoms with Crippen molar-refractivity contribution >= 4 is 11.6 Å². The Morgan fingerprint density at radius 1 is 1.53 bits per heavy atom. The molecule has 2 atom stereocenters. The lowest BCUT2D eigenvalue weighted by Crippen LogP contribution is -2.34. The van der Waals surface area contributed by atoms with Crippen molar-refractivity contribution in [3.05, 3.63) is 23.8 Å². The second-order valence-corrected chi connectivity index (χ2v) is 3.79. The molecular formula is C11H14N2O2. The molecule has 3 N–H and O–H groups in total. The SMILES string of the molecule is CC1Oc2ccc([C@@H](C)N)cc2NC1=O. The fraction of sp³-hybridized carbons (Fsp3) is 0.364. The van der Waals surface area contributed by atoms with E-state index in [-0.39, 0.29) is 11.9 Å². The van der Waals surface area contributed by atoms with Crippen LogP contribution in [0, 0.1) is 0 Å². The maximum absolute atomic E-state index is 11.4. The van der Waals surface area contributed by atoms with Crippen LogP contribution in [-0.2, 0) is 4.79 Å². The third kappa shape index (κ3) is 1.80. The van der Waals surface area contributed by atoms with Gasteiger partial charge >= 0.3 is 0 Å². The van der Waals surface area contributed by atoms with E-state index in [0.29, 0.717) is 11.4 Å². The Hall–Kier alpha value is -1.55. The number of carbonyl (C=O) groups excluding carboxylic acids is 1. The monoisotopic (exact) mass is 206 g/mol. The molecule has 0 aromatic heterocycles. The maximum atomic E-state index is 11.4. The van der Waals surface area contributed by atoms with E-state index < -0.39 is 6.10 Å². The Morgan fingerprint density at radius 2 is 2.27 bits per heavy atom. The molecule has 80 valence electrons. The molecule has 1 aliphatic rings. The minimum absolute atomic E-state index is 0.0495. The lowest BCUT2D eigenvalue weighted by molar-refractivity contribution is -0.122. The molecule has 4 nitrogen and oxygen atoms in total. The van der Waals surface area contributed by atoms with Crippen molar-refractivity contribution in [1.82, 2.24) is 0 Å². The Kier molecular flexibility index (Phi) is 2.36. The van der Waals surface area contributed by atoms with Gasteiger partial charge in [-0.15, -0.1) is 0 Å². The molecule has 0 saturated heterocycles. The van der Waals surface area contributed by atoms with Gasteiger partial charge in [0.25, 0.3) is 5.91 Å². The minimum atomic E-state index is -0.432. The van der Waals surface area contributed by atoms with E-state index in [4.69, 9.17) is 10.5 Å². The average molecular weight is 206 g/mol. The first kappa shape index (κ1) is 9.98. The maximum Gasteiger partial charge on any atom is 0.265 e. The third-order valence-electron chi connectivity index (χ3n) is 2.46. The number of hydrogen-bond donors (Lipinski definition) is 2. The van der Waals surface area contributed by atoms with Gasteiger partial charge in [-0.1, -0.05) is 6.07 Å². The van der Waals surface area contributed by atoms with Gasteiger partial charge in [0.1, 0.15) is 5.75 Å². The first-order valence-electron chi connectivity index (χ1n) is 4.95. The summed E-state index contributed by atoms with van der Waals surface area (Å²) in [7, 11) is 0. The number of carbonyl (C=O) groups is 1. The fourth-order valence-electron chi connectivity index (χ4n) is 1.51. The van der Waals surface area contributed by atoms with Gasteiger partial charge in [-0.3, -0.25) is 4.79 Å². The summed E-state index contributed by atoms with van der Waals surface area (Å²) in [6.45, 7) is 3.62. The van der Waals surface area contributed by atoms with Crippen LogP contribution in [0.1, 0.15) is 25.5 Å². The van der Waals surface area contributed by atoms with E-state index >= 15 is 0 Å². The van der Waals surface area contributed by atoms with Crippen molar-refractivity contribution in [2.45, 2.75) is 26.0 Å². The molecule has 0 saturated carbocycles. The van der Waals surface area contributed by atoms with Gasteiger partial charge in [-0.2, -0.15) is 0 Å². The predicted octanol–water partition coefficient (Wildman–Crippen LogP) is 1.43. The molecule has 1 heterocycles. The predicted molar refractivity (Wildman–Crippen MR) is 57.8 cm³/mol. The van der Waals surface area contributed by atoms with Crippen molar-refractivity contribution in [2.75, 3.05) is 5.32 Å². The number of rotatable bonds is 1. The number of amides is 1. The normalized spacial score (nSPS) is 21.3. The van der Waals surface area contributed by atoms with Crippen molar-refractivity contribution in [2.24, 2.45) is 5.73 Å². The number of benzene rings is 1. The zero-order chi connectivity index (χ0) is 11.0. The first-order chi connectivity index (χ1) is 7.08. The number of fused-ring (bicyclic) bond motifs is 1. The van der Waals surface area contributed by atoms with Crippen LogP contribution in [0.3, 0.4) is 0 Å². The van der Waals surface area contributed by atoms with Crippen molar-refractivity contribution in [1.29, 1.82) is 0 Å². The number of anilines is 1. The largest absolute Gasteiger partial charge is 0.479 e. The van der Waals surface area contributed by atoms with Gasteiger partial charge in [-0.25, -0.2) is 0 Å². The van der Waals surface area contributed by atoms with E-state index in [1.165, 1.54) is 0 Å². The van der Waals surface area contributed by atoms with E-state index in [0.717, 1.165) is 5.56 Å². The molecule has 1 unspecified atom stereocenters. The van der Waals surface area contributed by atoms with Crippen molar-refractivity contribution < 1.29 is 9.53 Å². The van der Waals surface area contributed by atoms with Crippen LogP contribution in [-0.4, -0.2) is 12.0 Å². The Labute approximate surface area is 88.4 Å². The van der Waals surface area contributed by atoms with E-state index in [1.54, 1.807) is 6.92 Å². The highest BCUT2D eigenvalue weighted by atomic mass is 16.5. The molecule has 0 aliphatic carbocycles. The van der Waals surface area contributed by atoms with Crippen LogP contribution in [0.25, 0.3) is 0 Å². The van der Waals surface area contributed by atoms with Gasteiger partial charge in [0.05, 0.1) is 5.69 Å². The van der Waals surface area contributed by atoms with Gasteiger partial charge in [0.15, 0.2) is 6.10 Å². The fourth-order valence-corrected chi connectivity index (χ4v) is 1.51. The first-order valence-corrected chi connectivity index (χ1v) is 4.95. The van der Waals surface area contributed by atoms with E-state index in [1.807, 2.05) is 25.1 Å². The molecule has 4 heteroatoms. The molecule has 1 aromatic carbocycles. The highest BCUT2D eigenvalue weighted by Crippen LogP contribution is 2.31. The summed E-state index contributed by atoms with van der Waals surface area (Å²) in [5, 5.41) is 2.79. The number of nitrogens with one attached hydrogen (secondary N) is 1. The highest BCUT2D eigenvalue weighted by Gasteiger charge is 2.23. The smallest absolute Gasteiger partial charge is 0.265 e.